The zero-order valence-corrected chi connectivity index (χ0v) is 28.9. The fourth-order valence-electron chi connectivity index (χ4n) is 5.22. The largest absolute Gasteiger partial charge is 0.338 e. The van der Waals surface area contributed by atoms with Crippen molar-refractivity contribution < 1.29 is 17.5 Å². The zero-order chi connectivity index (χ0) is 31.4. The van der Waals surface area contributed by atoms with Gasteiger partial charge in [0.2, 0.25) is 15.5 Å². The molecule has 0 atom stereocenters. The smallest absolute Gasteiger partial charge is 0.243 e. The summed E-state index contributed by atoms with van der Waals surface area (Å²) >= 11 is 1.62. The van der Waals surface area contributed by atoms with Crippen LogP contribution in [0.25, 0.3) is 17.0 Å². The van der Waals surface area contributed by atoms with Gasteiger partial charge in [-0.05, 0) is 76.6 Å². The third-order valence-electron chi connectivity index (χ3n) is 7.95. The molecule has 3 aromatic rings. The van der Waals surface area contributed by atoms with Crippen molar-refractivity contribution in [1.82, 2.24) is 14.1 Å². The number of thioether (sulfide) groups is 1. The molecular formula is C33H50N6O2S2+2. The molecule has 0 radical (unpaired) electrons. The van der Waals surface area contributed by atoms with Crippen LogP contribution in [-0.2, 0) is 16.6 Å². The molecule has 2 aromatic carbocycles. The lowest BCUT2D eigenvalue weighted by molar-refractivity contribution is -0.869. The fraction of sp³-hybridized carbons (Fsp3) is 0.485. The lowest BCUT2D eigenvalue weighted by Crippen LogP contribution is -2.42. The van der Waals surface area contributed by atoms with Gasteiger partial charge in [-0.25, -0.2) is 8.42 Å². The number of fused-ring (bicyclic) bond motifs is 2. The first-order valence-corrected chi connectivity index (χ1v) is 17.3. The molecule has 0 unspecified atom stereocenters. The first kappa shape index (κ1) is 33.4. The highest BCUT2D eigenvalue weighted by molar-refractivity contribution is 8.04. The van der Waals surface area contributed by atoms with E-state index in [2.05, 4.69) is 104 Å². The summed E-state index contributed by atoms with van der Waals surface area (Å²) in [4.78, 5) is 8.12. The Labute approximate surface area is 263 Å². The van der Waals surface area contributed by atoms with Crippen molar-refractivity contribution in [3.05, 3.63) is 65.3 Å². The van der Waals surface area contributed by atoms with Gasteiger partial charge in [0, 0.05) is 44.1 Å². The van der Waals surface area contributed by atoms with Crippen LogP contribution in [0.4, 0.5) is 5.69 Å². The molecule has 10 heteroatoms. The van der Waals surface area contributed by atoms with E-state index in [-0.39, 0.29) is 0 Å². The Morgan fingerprint density at radius 3 is 2.37 bits per heavy atom. The van der Waals surface area contributed by atoms with Crippen LogP contribution < -0.4 is 9.47 Å². The number of hydrogen-bond donors (Lipinski definition) is 0. The second-order valence-electron chi connectivity index (χ2n) is 12.9. The highest BCUT2D eigenvalue weighted by Gasteiger charge is 2.28. The third kappa shape index (κ3) is 8.59. The van der Waals surface area contributed by atoms with Crippen molar-refractivity contribution in [2.45, 2.75) is 29.2 Å². The first-order chi connectivity index (χ1) is 20.3. The number of quaternary nitrogens is 1. The van der Waals surface area contributed by atoms with Crippen molar-refractivity contribution in [2.24, 2.45) is 0 Å². The summed E-state index contributed by atoms with van der Waals surface area (Å²) < 4.78 is 31.2. The molecular weight excluding hydrogens is 577 g/mol. The predicted molar refractivity (Wildman–Crippen MR) is 181 cm³/mol. The molecule has 8 nitrogen and oxygen atoms in total. The number of hydrogen-bond acceptors (Lipinski definition) is 6. The van der Waals surface area contributed by atoms with E-state index in [0.29, 0.717) is 15.9 Å². The van der Waals surface area contributed by atoms with Gasteiger partial charge >= 0.3 is 0 Å². The van der Waals surface area contributed by atoms with Crippen molar-refractivity contribution in [2.75, 3.05) is 94.0 Å². The number of sulfonamides is 1. The number of anilines is 1. The van der Waals surface area contributed by atoms with Gasteiger partial charge in [0.25, 0.3) is 0 Å². The summed E-state index contributed by atoms with van der Waals surface area (Å²) in [6, 6.07) is 16.3. The predicted octanol–water partition coefficient (Wildman–Crippen LogP) is 4.27. The molecule has 4 rings (SSSR count). The summed E-state index contributed by atoms with van der Waals surface area (Å²) in [7, 11) is 12.8. The minimum absolute atomic E-state index is 0.340. The number of aromatic nitrogens is 1. The minimum Gasteiger partial charge on any atom is -0.338 e. The van der Waals surface area contributed by atoms with Gasteiger partial charge in [-0.2, -0.15) is 8.87 Å². The van der Waals surface area contributed by atoms with Gasteiger partial charge < -0.3 is 19.2 Å². The standard InChI is InChI=1S/C33H50N6O2S2/c1-34(2)18-11-19-35(3)20-12-21-38-22-17-27(29-13-9-10-14-30(29)38)25-33-37(5)31-16-15-28(26-32(31)42-33)43(40,41)36(4)23-24-39(6,7)8/h9-10,13-17,22,25-26H,11-12,18-21,23-24H2,1-8H3/q+2. The van der Waals surface area contributed by atoms with Gasteiger partial charge in [-0.15, -0.1) is 0 Å². The van der Waals surface area contributed by atoms with Gasteiger partial charge in [0.15, 0.2) is 6.20 Å². The molecule has 0 saturated heterocycles. The highest BCUT2D eigenvalue weighted by Crippen LogP contribution is 2.47. The normalized spacial score (nSPS) is 15.0. The quantitative estimate of drug-likeness (QED) is 0.197. The Morgan fingerprint density at radius 2 is 1.65 bits per heavy atom. The molecule has 0 saturated carbocycles. The number of nitrogens with zero attached hydrogens (tertiary/aromatic N) is 6. The Bertz CT molecular complexity index is 1550. The van der Waals surface area contributed by atoms with Crippen LogP contribution in [0.15, 0.2) is 69.5 Å². The van der Waals surface area contributed by atoms with E-state index >= 15 is 0 Å². The summed E-state index contributed by atoms with van der Waals surface area (Å²) in [5, 5.41) is 2.29. The summed E-state index contributed by atoms with van der Waals surface area (Å²) in [6.07, 6.45) is 6.70. The summed E-state index contributed by atoms with van der Waals surface area (Å²) in [5.74, 6) is 0. The Hall–Kier alpha value is -2.47. The van der Waals surface area contributed by atoms with Gasteiger partial charge in [-0.3, -0.25) is 0 Å². The maximum Gasteiger partial charge on any atom is 0.243 e. The van der Waals surface area contributed by atoms with Gasteiger partial charge in [0.1, 0.15) is 6.54 Å². The molecule has 43 heavy (non-hydrogen) atoms. The maximum atomic E-state index is 13.3. The molecule has 1 aliphatic heterocycles. The van der Waals surface area contributed by atoms with Crippen molar-refractivity contribution >= 4 is 44.5 Å². The minimum atomic E-state index is -3.57. The molecule has 0 N–H and O–H groups in total. The zero-order valence-electron chi connectivity index (χ0n) is 27.2. The Balaban J connectivity index is 1.49. The summed E-state index contributed by atoms with van der Waals surface area (Å²) in [6.45, 7) is 5.48. The fourth-order valence-corrected chi connectivity index (χ4v) is 7.63. The van der Waals surface area contributed by atoms with E-state index in [9.17, 15) is 8.42 Å². The van der Waals surface area contributed by atoms with Gasteiger partial charge in [0.05, 0.1) is 55.2 Å². The van der Waals surface area contributed by atoms with Crippen molar-refractivity contribution in [1.29, 1.82) is 0 Å². The molecule has 0 aliphatic carbocycles. The molecule has 1 aromatic heterocycles. The highest BCUT2D eigenvalue weighted by atomic mass is 32.2. The van der Waals surface area contributed by atoms with E-state index < -0.39 is 10.0 Å². The molecule has 1 aliphatic rings. The summed E-state index contributed by atoms with van der Waals surface area (Å²) in [5.41, 5.74) is 3.40. The third-order valence-corrected chi connectivity index (χ3v) is 11.0. The lowest BCUT2D eigenvalue weighted by Gasteiger charge is -2.26. The van der Waals surface area contributed by atoms with Gasteiger partial charge in [-0.1, -0.05) is 23.9 Å². The number of rotatable bonds is 14. The maximum absolute atomic E-state index is 13.3. The second kappa shape index (κ2) is 14.1. The van der Waals surface area contributed by atoms with Crippen LogP contribution in [0, 0.1) is 0 Å². The van der Waals surface area contributed by atoms with E-state index in [1.807, 2.05) is 19.2 Å². The lowest BCUT2D eigenvalue weighted by atomic mass is 10.1. The van der Waals surface area contributed by atoms with Crippen LogP contribution in [0.5, 0.6) is 0 Å². The van der Waals surface area contributed by atoms with Crippen LogP contribution in [0.2, 0.25) is 0 Å². The molecule has 0 spiro atoms. The van der Waals surface area contributed by atoms with Crippen molar-refractivity contribution in [3.8, 4) is 0 Å². The van der Waals surface area contributed by atoms with Crippen LogP contribution in [0.1, 0.15) is 18.4 Å². The Kier molecular flexibility index (Phi) is 11.0. The van der Waals surface area contributed by atoms with E-state index in [4.69, 9.17) is 0 Å². The molecule has 0 fully saturated rings. The van der Waals surface area contributed by atoms with Crippen LogP contribution >= 0.6 is 11.8 Å². The second-order valence-corrected chi connectivity index (χ2v) is 16.0. The average Bonchev–Trinajstić information content (AvgIpc) is 3.26. The van der Waals surface area contributed by atoms with E-state index in [1.54, 1.807) is 24.9 Å². The molecule has 234 valence electrons. The monoisotopic (exact) mass is 626 g/mol. The number of aryl methyl sites for hydroxylation is 1. The van der Waals surface area contributed by atoms with E-state index in [0.717, 1.165) is 60.3 Å². The topological polar surface area (TPSA) is 51.0 Å². The number of pyridine rings is 1. The van der Waals surface area contributed by atoms with E-state index in [1.165, 1.54) is 21.6 Å². The van der Waals surface area contributed by atoms with Crippen molar-refractivity contribution in [3.63, 3.8) is 0 Å². The number of likely N-dealkylation sites (N-methyl/N-ethyl adjacent to an activating group) is 2. The van der Waals surface area contributed by atoms with Crippen LogP contribution in [-0.4, -0.2) is 116 Å². The molecule has 0 bridgehead atoms. The first-order valence-electron chi connectivity index (χ1n) is 15.0. The average molecular weight is 627 g/mol. The SMILES string of the molecule is CN(C)CCCN(C)CCC[n+]1ccc(C=C2Sc3cc(S(=O)(=O)N(C)CC[N+](C)(C)C)ccc3N2C)c2ccccc21. The van der Waals surface area contributed by atoms with Crippen LogP contribution in [0.3, 0.4) is 0 Å². The number of benzene rings is 2. The number of para-hydroxylation sites is 1. The Morgan fingerprint density at radius 1 is 0.930 bits per heavy atom. The molecule has 0 amide bonds. The molecule has 2 heterocycles.